The van der Waals surface area contributed by atoms with Crippen LogP contribution in [0, 0.1) is 5.92 Å². The summed E-state index contributed by atoms with van der Waals surface area (Å²) in [6.45, 7) is 4.98. The zero-order chi connectivity index (χ0) is 16.1. The van der Waals surface area contributed by atoms with E-state index in [0.29, 0.717) is 18.8 Å². The molecule has 1 saturated heterocycles. The second kappa shape index (κ2) is 7.43. The minimum Gasteiger partial charge on any atom is -0.481 e. The zero-order valence-corrected chi connectivity index (χ0v) is 13.4. The van der Waals surface area contributed by atoms with Gasteiger partial charge in [-0.25, -0.2) is 0 Å². The third-order valence-corrected chi connectivity index (χ3v) is 4.15. The molecule has 0 aliphatic carbocycles. The number of rotatable bonds is 6. The van der Waals surface area contributed by atoms with Gasteiger partial charge in [0, 0.05) is 19.4 Å². The molecule has 1 fully saturated rings. The van der Waals surface area contributed by atoms with Crippen LogP contribution in [0.15, 0.2) is 24.3 Å². The summed E-state index contributed by atoms with van der Waals surface area (Å²) in [5.41, 5.74) is 2.19. The van der Waals surface area contributed by atoms with Gasteiger partial charge in [0.25, 0.3) is 0 Å². The first-order valence-corrected chi connectivity index (χ1v) is 8.07. The quantitative estimate of drug-likeness (QED) is 0.876. The Hall–Kier alpha value is -1.84. The maximum Gasteiger partial charge on any atom is 0.303 e. The van der Waals surface area contributed by atoms with Crippen LogP contribution in [-0.2, 0) is 16.0 Å². The molecule has 1 atom stereocenters. The highest BCUT2D eigenvalue weighted by Gasteiger charge is 2.29. The van der Waals surface area contributed by atoms with Crippen molar-refractivity contribution in [3.8, 4) is 0 Å². The number of carbonyl (C=O) groups is 2. The number of carbonyl (C=O) groups excluding carboxylic acids is 1. The van der Waals surface area contributed by atoms with Gasteiger partial charge in [-0.2, -0.15) is 0 Å². The number of amides is 1. The average molecular weight is 303 g/mol. The molecule has 2 rings (SSSR count). The number of carboxylic acids is 1. The summed E-state index contributed by atoms with van der Waals surface area (Å²) < 4.78 is 0. The van der Waals surface area contributed by atoms with Gasteiger partial charge < -0.3 is 10.0 Å². The van der Waals surface area contributed by atoms with Gasteiger partial charge in [0.1, 0.15) is 0 Å². The van der Waals surface area contributed by atoms with Crippen LogP contribution in [-0.4, -0.2) is 28.4 Å². The minimum absolute atomic E-state index is 0.155. The third-order valence-electron chi connectivity index (χ3n) is 4.15. The highest BCUT2D eigenvalue weighted by atomic mass is 16.4. The summed E-state index contributed by atoms with van der Waals surface area (Å²) in [5.74, 6) is -0.148. The van der Waals surface area contributed by atoms with Crippen LogP contribution in [0.4, 0.5) is 0 Å². The van der Waals surface area contributed by atoms with E-state index >= 15 is 0 Å². The highest BCUT2D eigenvalue weighted by molar-refractivity contribution is 5.77. The smallest absolute Gasteiger partial charge is 0.303 e. The minimum atomic E-state index is -0.773. The van der Waals surface area contributed by atoms with Crippen molar-refractivity contribution in [2.45, 2.75) is 52.0 Å². The molecule has 120 valence electrons. The summed E-state index contributed by atoms with van der Waals surface area (Å²) in [6.07, 6.45) is 3.37. The van der Waals surface area contributed by atoms with E-state index in [0.717, 1.165) is 30.5 Å². The molecule has 1 aromatic carbocycles. The maximum absolute atomic E-state index is 12.3. The number of aliphatic carboxylic acids is 1. The summed E-state index contributed by atoms with van der Waals surface area (Å²) >= 11 is 0. The lowest BCUT2D eigenvalue weighted by Crippen LogP contribution is -2.31. The van der Waals surface area contributed by atoms with E-state index in [-0.39, 0.29) is 18.4 Å². The molecule has 0 saturated carbocycles. The average Bonchev–Trinajstić information content (AvgIpc) is 2.94. The lowest BCUT2D eigenvalue weighted by atomic mass is 10.0. The van der Waals surface area contributed by atoms with E-state index in [1.54, 1.807) is 0 Å². The molecule has 0 bridgehead atoms. The zero-order valence-electron chi connectivity index (χ0n) is 13.4. The molecule has 4 nitrogen and oxygen atoms in total. The predicted molar refractivity (Wildman–Crippen MR) is 85.5 cm³/mol. The van der Waals surface area contributed by atoms with Crippen LogP contribution in [0.3, 0.4) is 0 Å². The lowest BCUT2D eigenvalue weighted by molar-refractivity contribution is -0.137. The summed E-state index contributed by atoms with van der Waals surface area (Å²) in [5, 5.41) is 8.73. The van der Waals surface area contributed by atoms with Gasteiger partial charge in [0.05, 0.1) is 6.04 Å². The van der Waals surface area contributed by atoms with Gasteiger partial charge in [-0.1, -0.05) is 38.1 Å². The largest absolute Gasteiger partial charge is 0.481 e. The molecule has 0 radical (unpaired) electrons. The molecule has 1 aromatic rings. The maximum atomic E-state index is 12.3. The van der Waals surface area contributed by atoms with Crippen LogP contribution in [0.25, 0.3) is 0 Å². The normalized spacial score (nSPS) is 18.0. The molecule has 0 spiro atoms. The van der Waals surface area contributed by atoms with Crippen molar-refractivity contribution in [1.82, 2.24) is 4.90 Å². The van der Waals surface area contributed by atoms with Crippen molar-refractivity contribution < 1.29 is 14.7 Å². The standard InChI is InChI=1S/C18H25NO3/c1-13(2)12-17(20)19-11-3-4-16(19)15-8-5-14(6-9-15)7-10-18(21)22/h5-6,8-9,13,16H,3-4,7,10-12H2,1-2H3,(H,21,22). The van der Waals surface area contributed by atoms with Crippen molar-refractivity contribution in [3.63, 3.8) is 0 Å². The summed E-state index contributed by atoms with van der Waals surface area (Å²) in [6, 6.07) is 8.24. The fraction of sp³-hybridized carbons (Fsp3) is 0.556. The van der Waals surface area contributed by atoms with Gasteiger partial charge in [0.15, 0.2) is 0 Å². The Morgan fingerprint density at radius 2 is 1.95 bits per heavy atom. The lowest BCUT2D eigenvalue weighted by Gasteiger charge is -2.26. The molecule has 1 aliphatic rings. The van der Waals surface area contributed by atoms with Gasteiger partial charge in [-0.15, -0.1) is 0 Å². The van der Waals surface area contributed by atoms with Crippen molar-refractivity contribution in [1.29, 1.82) is 0 Å². The van der Waals surface area contributed by atoms with E-state index in [2.05, 4.69) is 13.8 Å². The number of hydrogen-bond acceptors (Lipinski definition) is 2. The van der Waals surface area contributed by atoms with Crippen LogP contribution in [0.2, 0.25) is 0 Å². The van der Waals surface area contributed by atoms with Crippen LogP contribution in [0.5, 0.6) is 0 Å². The number of likely N-dealkylation sites (tertiary alicyclic amines) is 1. The van der Waals surface area contributed by atoms with Crippen LogP contribution < -0.4 is 0 Å². The summed E-state index contributed by atoms with van der Waals surface area (Å²) in [7, 11) is 0. The summed E-state index contributed by atoms with van der Waals surface area (Å²) in [4.78, 5) is 25.0. The highest BCUT2D eigenvalue weighted by Crippen LogP contribution is 2.33. The van der Waals surface area contributed by atoms with E-state index < -0.39 is 5.97 Å². The molecule has 4 heteroatoms. The van der Waals surface area contributed by atoms with E-state index in [1.165, 1.54) is 0 Å². The van der Waals surface area contributed by atoms with Crippen molar-refractivity contribution >= 4 is 11.9 Å². The van der Waals surface area contributed by atoms with Crippen LogP contribution >= 0.6 is 0 Å². The Labute approximate surface area is 132 Å². The molecule has 1 unspecified atom stereocenters. The predicted octanol–water partition coefficient (Wildman–Crippen LogP) is 3.41. The first-order valence-electron chi connectivity index (χ1n) is 8.07. The Bertz CT molecular complexity index is 522. The molecule has 1 N–H and O–H groups in total. The molecule has 0 aromatic heterocycles. The Balaban J connectivity index is 2.03. The second-order valence-electron chi connectivity index (χ2n) is 6.48. The fourth-order valence-electron chi connectivity index (χ4n) is 3.04. The number of benzene rings is 1. The second-order valence-corrected chi connectivity index (χ2v) is 6.48. The number of carboxylic acid groups (broad SMARTS) is 1. The van der Waals surface area contributed by atoms with Gasteiger partial charge in [0.2, 0.25) is 5.91 Å². The Morgan fingerprint density at radius 3 is 2.55 bits per heavy atom. The van der Waals surface area contributed by atoms with Gasteiger partial charge >= 0.3 is 5.97 Å². The molecular weight excluding hydrogens is 278 g/mol. The molecule has 1 aliphatic heterocycles. The first kappa shape index (κ1) is 16.5. The Morgan fingerprint density at radius 1 is 1.27 bits per heavy atom. The Kier molecular flexibility index (Phi) is 5.58. The SMILES string of the molecule is CC(C)CC(=O)N1CCCC1c1ccc(CCC(=O)O)cc1. The molecular formula is C18H25NO3. The van der Waals surface area contributed by atoms with E-state index in [1.807, 2.05) is 29.2 Å². The molecule has 1 amide bonds. The number of aryl methyl sites for hydroxylation is 1. The van der Waals surface area contributed by atoms with Gasteiger partial charge in [-0.05, 0) is 36.3 Å². The van der Waals surface area contributed by atoms with E-state index in [9.17, 15) is 9.59 Å². The molecule has 22 heavy (non-hydrogen) atoms. The fourth-order valence-corrected chi connectivity index (χ4v) is 3.04. The van der Waals surface area contributed by atoms with Crippen LogP contribution in [0.1, 0.15) is 56.7 Å². The first-order chi connectivity index (χ1) is 10.5. The monoisotopic (exact) mass is 303 g/mol. The number of nitrogens with zero attached hydrogens (tertiary/aromatic N) is 1. The number of hydrogen-bond donors (Lipinski definition) is 1. The topological polar surface area (TPSA) is 57.6 Å². The third kappa shape index (κ3) is 4.33. The van der Waals surface area contributed by atoms with Crippen molar-refractivity contribution in [3.05, 3.63) is 35.4 Å². The van der Waals surface area contributed by atoms with Crippen molar-refractivity contribution in [2.24, 2.45) is 5.92 Å². The van der Waals surface area contributed by atoms with E-state index in [4.69, 9.17) is 5.11 Å². The van der Waals surface area contributed by atoms with Crippen molar-refractivity contribution in [2.75, 3.05) is 6.54 Å². The van der Waals surface area contributed by atoms with Gasteiger partial charge in [-0.3, -0.25) is 9.59 Å². The molecule has 1 heterocycles.